The third-order valence-electron chi connectivity index (χ3n) is 2.92. The van der Waals surface area contributed by atoms with Crippen LogP contribution in [0.4, 0.5) is 11.5 Å². The summed E-state index contributed by atoms with van der Waals surface area (Å²) in [6.45, 7) is 2.67. The third kappa shape index (κ3) is 2.84. The fourth-order valence-corrected chi connectivity index (χ4v) is 2.62. The van der Waals surface area contributed by atoms with Crippen LogP contribution >= 0.6 is 11.3 Å². The van der Waals surface area contributed by atoms with E-state index < -0.39 is 0 Å². The van der Waals surface area contributed by atoms with Crippen molar-refractivity contribution in [2.24, 2.45) is 0 Å². The van der Waals surface area contributed by atoms with Gasteiger partial charge in [0.15, 0.2) is 11.6 Å². The highest BCUT2D eigenvalue weighted by atomic mass is 32.1. The van der Waals surface area contributed by atoms with Gasteiger partial charge in [-0.25, -0.2) is 19.6 Å². The zero-order chi connectivity index (χ0) is 14.7. The Morgan fingerprint density at radius 3 is 3.00 bits per heavy atom. The van der Waals surface area contributed by atoms with Crippen LogP contribution in [0.5, 0.6) is 0 Å². The van der Waals surface area contributed by atoms with Gasteiger partial charge in [-0.05, 0) is 12.5 Å². The molecular weight excluding hydrogens is 286 g/mol. The Labute approximate surface area is 125 Å². The van der Waals surface area contributed by atoms with Crippen molar-refractivity contribution in [1.82, 2.24) is 24.7 Å². The van der Waals surface area contributed by atoms with Gasteiger partial charge >= 0.3 is 0 Å². The van der Waals surface area contributed by atoms with Gasteiger partial charge in [-0.2, -0.15) is 5.10 Å². The number of thiazole rings is 1. The van der Waals surface area contributed by atoms with E-state index in [2.05, 4.69) is 32.3 Å². The Hall–Kier alpha value is -2.48. The normalized spacial score (nSPS) is 10.7. The molecule has 0 spiro atoms. The van der Waals surface area contributed by atoms with Crippen LogP contribution in [-0.4, -0.2) is 24.7 Å². The molecule has 108 valence electrons. The average Bonchev–Trinajstić information content (AvgIpc) is 3.17. The molecule has 0 saturated carbocycles. The highest BCUT2D eigenvalue weighted by Crippen LogP contribution is 2.21. The van der Waals surface area contributed by atoms with E-state index in [0.717, 1.165) is 17.1 Å². The first-order chi connectivity index (χ1) is 10.3. The SMILES string of the molecule is CCc1nc(CNc2ncnc(-n3cccn3)c2N)cs1. The number of nitrogens with two attached hydrogens (primary N) is 1. The number of anilines is 2. The molecule has 0 radical (unpaired) electrons. The first-order valence-electron chi connectivity index (χ1n) is 6.55. The number of nitrogens with zero attached hydrogens (tertiary/aromatic N) is 5. The van der Waals surface area contributed by atoms with Gasteiger partial charge in [-0.3, -0.25) is 0 Å². The van der Waals surface area contributed by atoms with E-state index in [-0.39, 0.29) is 0 Å². The summed E-state index contributed by atoms with van der Waals surface area (Å²) >= 11 is 1.66. The van der Waals surface area contributed by atoms with Crippen molar-refractivity contribution >= 4 is 22.8 Å². The minimum Gasteiger partial charge on any atom is -0.393 e. The van der Waals surface area contributed by atoms with Crippen molar-refractivity contribution in [3.63, 3.8) is 0 Å². The second kappa shape index (κ2) is 5.88. The van der Waals surface area contributed by atoms with Crippen LogP contribution in [0.2, 0.25) is 0 Å². The predicted octanol–water partition coefficient (Wildman–Crippen LogP) is 1.88. The number of nitrogen functional groups attached to an aromatic ring is 1. The van der Waals surface area contributed by atoms with Crippen molar-refractivity contribution in [3.05, 3.63) is 40.9 Å². The smallest absolute Gasteiger partial charge is 0.181 e. The topological polar surface area (TPSA) is 94.5 Å². The molecule has 0 aliphatic rings. The van der Waals surface area contributed by atoms with Crippen molar-refractivity contribution in [2.75, 3.05) is 11.1 Å². The van der Waals surface area contributed by atoms with Crippen molar-refractivity contribution < 1.29 is 0 Å². The second-order valence-corrected chi connectivity index (χ2v) is 5.29. The fraction of sp³-hybridized carbons (Fsp3) is 0.231. The Kier molecular flexibility index (Phi) is 3.78. The van der Waals surface area contributed by atoms with E-state index in [1.54, 1.807) is 28.4 Å². The standard InChI is InChI=1S/C13H15N7S/c1-2-10-19-9(7-21-10)6-15-12-11(14)13(17-8-16-12)20-5-3-4-18-20/h3-5,7-8H,2,6,14H2,1H3,(H,15,16,17). The fourth-order valence-electron chi connectivity index (χ4n) is 1.87. The number of nitrogens with one attached hydrogen (secondary N) is 1. The second-order valence-electron chi connectivity index (χ2n) is 4.35. The molecule has 3 rings (SSSR count). The summed E-state index contributed by atoms with van der Waals surface area (Å²) in [5, 5.41) is 10.5. The molecule has 3 N–H and O–H groups in total. The van der Waals surface area contributed by atoms with E-state index in [1.165, 1.54) is 6.33 Å². The number of hydrogen-bond donors (Lipinski definition) is 2. The van der Waals surface area contributed by atoms with Crippen molar-refractivity contribution in [2.45, 2.75) is 19.9 Å². The maximum Gasteiger partial charge on any atom is 0.181 e. The van der Waals surface area contributed by atoms with E-state index in [0.29, 0.717) is 23.9 Å². The van der Waals surface area contributed by atoms with Crippen LogP contribution in [0, 0.1) is 0 Å². The molecule has 0 unspecified atom stereocenters. The largest absolute Gasteiger partial charge is 0.393 e. The minimum absolute atomic E-state index is 0.465. The molecule has 3 aromatic heterocycles. The molecule has 8 heteroatoms. The molecule has 3 heterocycles. The van der Waals surface area contributed by atoms with Crippen LogP contribution in [0.25, 0.3) is 5.82 Å². The Morgan fingerprint density at radius 1 is 1.38 bits per heavy atom. The lowest BCUT2D eigenvalue weighted by atomic mass is 10.4. The van der Waals surface area contributed by atoms with Gasteiger partial charge in [0.1, 0.15) is 12.0 Å². The van der Waals surface area contributed by atoms with Crippen molar-refractivity contribution in [3.8, 4) is 5.82 Å². The lowest BCUT2D eigenvalue weighted by Gasteiger charge is -2.10. The summed E-state index contributed by atoms with van der Waals surface area (Å²) in [5.74, 6) is 1.14. The molecule has 0 aromatic carbocycles. The summed E-state index contributed by atoms with van der Waals surface area (Å²) in [4.78, 5) is 12.8. The summed E-state index contributed by atoms with van der Waals surface area (Å²) < 4.78 is 1.61. The van der Waals surface area contributed by atoms with Gasteiger partial charge in [0.25, 0.3) is 0 Å². The first kappa shape index (κ1) is 13.5. The number of hydrogen-bond acceptors (Lipinski definition) is 7. The molecule has 21 heavy (non-hydrogen) atoms. The van der Waals surface area contributed by atoms with Crippen LogP contribution in [0.1, 0.15) is 17.6 Å². The van der Waals surface area contributed by atoms with Crippen LogP contribution in [-0.2, 0) is 13.0 Å². The van der Waals surface area contributed by atoms with E-state index in [9.17, 15) is 0 Å². The molecule has 3 aromatic rings. The number of aromatic nitrogens is 5. The molecule has 0 bridgehead atoms. The Balaban J connectivity index is 1.78. The summed E-state index contributed by atoms with van der Waals surface area (Å²) in [6.07, 6.45) is 5.88. The number of rotatable bonds is 5. The molecule has 0 aliphatic heterocycles. The highest BCUT2D eigenvalue weighted by Gasteiger charge is 2.10. The zero-order valence-electron chi connectivity index (χ0n) is 11.5. The van der Waals surface area contributed by atoms with Gasteiger partial charge in [0, 0.05) is 17.8 Å². The minimum atomic E-state index is 0.465. The highest BCUT2D eigenvalue weighted by molar-refractivity contribution is 7.09. The number of aryl methyl sites for hydroxylation is 1. The predicted molar refractivity (Wildman–Crippen MR) is 82.4 cm³/mol. The van der Waals surface area contributed by atoms with Gasteiger partial charge in [-0.15, -0.1) is 11.3 Å². The average molecular weight is 301 g/mol. The van der Waals surface area contributed by atoms with Crippen LogP contribution in [0.15, 0.2) is 30.2 Å². The quantitative estimate of drug-likeness (QED) is 0.747. The molecule has 7 nitrogen and oxygen atoms in total. The summed E-state index contributed by atoms with van der Waals surface area (Å²) in [7, 11) is 0. The van der Waals surface area contributed by atoms with Gasteiger partial charge in [0.2, 0.25) is 0 Å². The van der Waals surface area contributed by atoms with Crippen molar-refractivity contribution in [1.29, 1.82) is 0 Å². The lowest BCUT2D eigenvalue weighted by molar-refractivity contribution is 0.842. The van der Waals surface area contributed by atoms with Gasteiger partial charge < -0.3 is 11.1 Å². The summed E-state index contributed by atoms with van der Waals surface area (Å²) in [6, 6.07) is 1.82. The van der Waals surface area contributed by atoms with Gasteiger partial charge in [0.05, 0.1) is 17.2 Å². The summed E-state index contributed by atoms with van der Waals surface area (Å²) in [5.41, 5.74) is 7.55. The van der Waals surface area contributed by atoms with Crippen LogP contribution in [0.3, 0.4) is 0 Å². The van der Waals surface area contributed by atoms with Crippen LogP contribution < -0.4 is 11.1 Å². The first-order valence-corrected chi connectivity index (χ1v) is 7.43. The zero-order valence-corrected chi connectivity index (χ0v) is 12.3. The maximum absolute atomic E-state index is 6.10. The van der Waals surface area contributed by atoms with E-state index in [1.807, 2.05) is 11.4 Å². The molecule has 0 amide bonds. The molecular formula is C13H15N7S. The van der Waals surface area contributed by atoms with Gasteiger partial charge in [-0.1, -0.05) is 6.92 Å². The molecule has 0 atom stereocenters. The van der Waals surface area contributed by atoms with E-state index in [4.69, 9.17) is 5.73 Å². The lowest BCUT2D eigenvalue weighted by Crippen LogP contribution is -2.10. The Morgan fingerprint density at radius 2 is 2.29 bits per heavy atom. The molecule has 0 fully saturated rings. The third-order valence-corrected chi connectivity index (χ3v) is 3.96. The molecule has 0 saturated heterocycles. The maximum atomic E-state index is 6.10. The van der Waals surface area contributed by atoms with E-state index >= 15 is 0 Å². The molecule has 0 aliphatic carbocycles. The Bertz CT molecular complexity index is 720. The monoisotopic (exact) mass is 301 g/mol.